The molecule has 3 aliphatic rings. The molecule has 2 aliphatic heterocycles. The zero-order valence-electron chi connectivity index (χ0n) is 22.5. The highest BCUT2D eigenvalue weighted by molar-refractivity contribution is 5.80. The Kier molecular flexibility index (Phi) is 8.10. The fourth-order valence-electron chi connectivity index (χ4n) is 5.30. The standard InChI is InChI=1S/C29H28F7NO5/c1-27(2)39-15-21(40-27)14-37-23-11-5-10-22(17-6-3-9-20(12-17)42-29(34,35)36)25(23)38-16-24(37)18-7-4-8-19(13-18)41-28(32,33)26(30)31/h3-6,8-13,18,21,24,26H,7,14-16H2,1-2H3/t18?,21-,24+/m0/s1. The first-order chi connectivity index (χ1) is 19.7. The molecule has 1 saturated heterocycles. The minimum Gasteiger partial charge on any atom is -0.489 e. The van der Waals surface area contributed by atoms with Crippen LogP contribution in [0, 0.1) is 5.92 Å². The summed E-state index contributed by atoms with van der Waals surface area (Å²) in [5.74, 6) is -1.69. The smallest absolute Gasteiger partial charge is 0.489 e. The summed E-state index contributed by atoms with van der Waals surface area (Å²) in [4.78, 5) is 1.97. The summed E-state index contributed by atoms with van der Waals surface area (Å²) in [7, 11) is 0. The maximum atomic E-state index is 13.7. The summed E-state index contributed by atoms with van der Waals surface area (Å²) in [6.45, 7) is 4.16. The highest BCUT2D eigenvalue weighted by atomic mass is 19.4. The molecular formula is C29H28F7NO5. The Bertz CT molecular complexity index is 1340. The first-order valence-corrected chi connectivity index (χ1v) is 13.1. The van der Waals surface area contributed by atoms with Gasteiger partial charge in [-0.25, -0.2) is 0 Å². The number of hydrogen-bond acceptors (Lipinski definition) is 6. The Labute approximate surface area is 237 Å². The fourth-order valence-corrected chi connectivity index (χ4v) is 5.30. The van der Waals surface area contributed by atoms with Crippen molar-refractivity contribution in [3.8, 4) is 22.6 Å². The summed E-state index contributed by atoms with van der Waals surface area (Å²) in [5.41, 5.74) is 1.51. The summed E-state index contributed by atoms with van der Waals surface area (Å²) >= 11 is 0. The molecule has 3 atom stereocenters. The van der Waals surface area contributed by atoms with E-state index in [9.17, 15) is 30.7 Å². The fraction of sp³-hybridized carbons (Fsp3) is 0.448. The van der Waals surface area contributed by atoms with E-state index in [1.54, 1.807) is 44.2 Å². The minimum absolute atomic E-state index is 0.0489. The van der Waals surface area contributed by atoms with Crippen molar-refractivity contribution in [1.82, 2.24) is 0 Å². The van der Waals surface area contributed by atoms with E-state index in [0.29, 0.717) is 35.5 Å². The van der Waals surface area contributed by atoms with Gasteiger partial charge in [-0.1, -0.05) is 30.3 Å². The third kappa shape index (κ3) is 6.78. The molecule has 228 valence electrons. The van der Waals surface area contributed by atoms with Crippen LogP contribution in [0.25, 0.3) is 11.1 Å². The van der Waals surface area contributed by atoms with Crippen molar-refractivity contribution < 1.29 is 54.4 Å². The highest BCUT2D eigenvalue weighted by Gasteiger charge is 2.45. The normalized spacial score (nSPS) is 23.8. The average Bonchev–Trinajstić information content (AvgIpc) is 3.25. The summed E-state index contributed by atoms with van der Waals surface area (Å²) < 4.78 is 118. The van der Waals surface area contributed by atoms with Crippen LogP contribution in [-0.4, -0.2) is 56.6 Å². The third-order valence-electron chi connectivity index (χ3n) is 7.02. The van der Waals surface area contributed by atoms with E-state index in [1.165, 1.54) is 30.4 Å². The van der Waals surface area contributed by atoms with E-state index in [4.69, 9.17) is 14.2 Å². The number of para-hydroxylation sites is 1. The molecule has 1 fully saturated rings. The van der Waals surface area contributed by atoms with Crippen LogP contribution in [0.2, 0.25) is 0 Å². The monoisotopic (exact) mass is 603 g/mol. The molecule has 0 bridgehead atoms. The SMILES string of the molecule is CC1(C)OC[C@H](CN2c3cccc(-c4cccc(OC(F)(F)F)c4)c3OC[C@@H]2C2C=C(OC(F)(F)C(F)F)C=CC2)O1. The number of ether oxygens (including phenoxy) is 5. The maximum Gasteiger partial charge on any atom is 0.573 e. The molecule has 0 radical (unpaired) electrons. The topological polar surface area (TPSA) is 49.4 Å². The number of allylic oxidation sites excluding steroid dienone is 2. The molecule has 0 aromatic heterocycles. The summed E-state index contributed by atoms with van der Waals surface area (Å²) in [6, 6.07) is 10.2. The van der Waals surface area contributed by atoms with E-state index in [1.807, 2.05) is 4.90 Å². The van der Waals surface area contributed by atoms with Crippen LogP contribution < -0.4 is 14.4 Å². The van der Waals surface area contributed by atoms with Crippen molar-refractivity contribution in [3.05, 3.63) is 66.5 Å². The van der Waals surface area contributed by atoms with E-state index in [0.717, 1.165) is 0 Å². The number of nitrogens with zero attached hydrogens (tertiary/aromatic N) is 1. The molecule has 2 aromatic rings. The van der Waals surface area contributed by atoms with Crippen molar-refractivity contribution in [1.29, 1.82) is 0 Å². The molecule has 13 heteroatoms. The molecular weight excluding hydrogens is 575 g/mol. The lowest BCUT2D eigenvalue weighted by Gasteiger charge is -2.43. The number of hydrogen-bond donors (Lipinski definition) is 0. The van der Waals surface area contributed by atoms with Gasteiger partial charge in [-0.15, -0.1) is 13.2 Å². The number of halogens is 7. The van der Waals surface area contributed by atoms with Crippen molar-refractivity contribution in [2.75, 3.05) is 24.7 Å². The Morgan fingerprint density at radius 1 is 1.02 bits per heavy atom. The second-order valence-corrected chi connectivity index (χ2v) is 10.5. The van der Waals surface area contributed by atoms with E-state index < -0.39 is 42.4 Å². The lowest BCUT2D eigenvalue weighted by molar-refractivity contribution is -0.280. The summed E-state index contributed by atoms with van der Waals surface area (Å²) in [5, 5.41) is 0. The molecule has 6 nitrogen and oxygen atoms in total. The minimum atomic E-state index is -4.86. The van der Waals surface area contributed by atoms with Gasteiger partial charge in [0, 0.05) is 18.0 Å². The number of alkyl halides is 7. The van der Waals surface area contributed by atoms with Crippen LogP contribution in [0.5, 0.6) is 11.5 Å². The zero-order valence-corrected chi connectivity index (χ0v) is 22.5. The van der Waals surface area contributed by atoms with Crippen LogP contribution in [0.3, 0.4) is 0 Å². The predicted octanol–water partition coefficient (Wildman–Crippen LogP) is 7.31. The van der Waals surface area contributed by atoms with Gasteiger partial charge in [0.1, 0.15) is 24.2 Å². The van der Waals surface area contributed by atoms with Crippen LogP contribution >= 0.6 is 0 Å². The second kappa shape index (κ2) is 11.3. The van der Waals surface area contributed by atoms with Crippen molar-refractivity contribution in [2.24, 2.45) is 5.92 Å². The first kappa shape index (κ1) is 30.0. The molecule has 1 aliphatic carbocycles. The van der Waals surface area contributed by atoms with Crippen molar-refractivity contribution >= 4 is 5.69 Å². The van der Waals surface area contributed by atoms with Crippen LogP contribution in [-0.2, 0) is 14.2 Å². The second-order valence-electron chi connectivity index (χ2n) is 10.5. The van der Waals surface area contributed by atoms with Gasteiger partial charge < -0.3 is 28.6 Å². The number of rotatable bonds is 8. The lowest BCUT2D eigenvalue weighted by Crippen LogP contribution is -2.51. The number of anilines is 1. The third-order valence-corrected chi connectivity index (χ3v) is 7.02. The molecule has 5 rings (SSSR count). The largest absolute Gasteiger partial charge is 0.573 e. The molecule has 0 amide bonds. The van der Waals surface area contributed by atoms with Crippen molar-refractivity contribution in [3.63, 3.8) is 0 Å². The quantitative estimate of drug-likeness (QED) is 0.295. The average molecular weight is 604 g/mol. The molecule has 1 unspecified atom stereocenters. The lowest BCUT2D eigenvalue weighted by atomic mass is 9.89. The van der Waals surface area contributed by atoms with Gasteiger partial charge in [-0.2, -0.15) is 17.6 Å². The molecule has 42 heavy (non-hydrogen) atoms. The highest BCUT2D eigenvalue weighted by Crippen LogP contribution is 2.45. The molecule has 0 N–H and O–H groups in total. The van der Waals surface area contributed by atoms with Gasteiger partial charge in [-0.3, -0.25) is 0 Å². The number of benzene rings is 2. The molecule has 2 heterocycles. The molecule has 0 spiro atoms. The molecule has 0 saturated carbocycles. The van der Waals surface area contributed by atoms with Crippen LogP contribution in [0.1, 0.15) is 20.3 Å². The Balaban J connectivity index is 1.49. The van der Waals surface area contributed by atoms with Gasteiger partial charge in [0.25, 0.3) is 0 Å². The predicted molar refractivity (Wildman–Crippen MR) is 137 cm³/mol. The summed E-state index contributed by atoms with van der Waals surface area (Å²) in [6.07, 6.45) is -9.37. The maximum absolute atomic E-state index is 13.7. The van der Waals surface area contributed by atoms with Crippen LogP contribution in [0.4, 0.5) is 36.4 Å². The Morgan fingerprint density at radius 3 is 2.48 bits per heavy atom. The van der Waals surface area contributed by atoms with Gasteiger partial charge in [-0.05, 0) is 56.2 Å². The van der Waals surface area contributed by atoms with E-state index in [2.05, 4.69) is 9.47 Å². The first-order valence-electron chi connectivity index (χ1n) is 13.1. The zero-order chi connectivity index (χ0) is 30.3. The van der Waals surface area contributed by atoms with Gasteiger partial charge in [0.15, 0.2) is 11.5 Å². The number of fused-ring (bicyclic) bond motifs is 1. The van der Waals surface area contributed by atoms with E-state index >= 15 is 0 Å². The van der Waals surface area contributed by atoms with Crippen molar-refractivity contribution in [2.45, 2.75) is 57.1 Å². The van der Waals surface area contributed by atoms with Crippen LogP contribution in [0.15, 0.2) is 66.5 Å². The molecule has 2 aromatic carbocycles. The van der Waals surface area contributed by atoms with Gasteiger partial charge >= 0.3 is 18.9 Å². The van der Waals surface area contributed by atoms with Gasteiger partial charge in [0.05, 0.1) is 18.3 Å². The van der Waals surface area contributed by atoms with Gasteiger partial charge in [0.2, 0.25) is 0 Å². The Hall–Kier alpha value is -3.45. The Morgan fingerprint density at radius 2 is 1.79 bits per heavy atom. The van der Waals surface area contributed by atoms with E-state index in [-0.39, 0.29) is 25.1 Å².